The molecule has 1 heterocycles. The Morgan fingerprint density at radius 3 is 3.00 bits per heavy atom. The number of aryl methyl sites for hydroxylation is 1. The summed E-state index contributed by atoms with van der Waals surface area (Å²) in [5.74, 6) is -0.972. The molecule has 0 saturated carbocycles. The molecular weight excluding hydrogens is 148 g/mol. The predicted octanol–water partition coefficient (Wildman–Crippen LogP) is -0.791. The quantitative estimate of drug-likeness (QED) is 0.415. The molecule has 0 saturated heterocycles. The Morgan fingerprint density at radius 1 is 1.73 bits per heavy atom. The summed E-state index contributed by atoms with van der Waals surface area (Å²) in [7, 11) is -1.97. The highest BCUT2D eigenvalue weighted by Gasteiger charge is 2.14. The summed E-state index contributed by atoms with van der Waals surface area (Å²) in [5.41, 5.74) is -0.758. The van der Waals surface area contributed by atoms with Crippen LogP contribution in [-0.4, -0.2) is 22.2 Å². The molecule has 0 amide bonds. The van der Waals surface area contributed by atoms with Crippen LogP contribution in [0.2, 0.25) is 0 Å². The van der Waals surface area contributed by atoms with E-state index in [1.54, 1.807) is 0 Å². The van der Waals surface area contributed by atoms with Gasteiger partial charge in [-0.15, -0.1) is 0 Å². The fraction of sp³-hybridized carbons (Fsp3) is 0.167. The van der Waals surface area contributed by atoms with Gasteiger partial charge in [-0.25, -0.2) is 4.98 Å². The van der Waals surface area contributed by atoms with Crippen LogP contribution in [-0.2, 0) is 0 Å². The molecule has 5 heteroatoms. The fourth-order valence-electron chi connectivity index (χ4n) is 0.646. The summed E-state index contributed by atoms with van der Waals surface area (Å²) in [6, 6.07) is 0.668. The minimum Gasteiger partial charge on any atom is -0.423 e. The number of nitrogens with zero attached hydrogens (tertiary/aromatic N) is 1. The Kier molecular flexibility index (Phi) is 1.31. The van der Waals surface area contributed by atoms with Crippen LogP contribution in [0.25, 0.3) is 0 Å². The summed E-state index contributed by atoms with van der Waals surface area (Å²) >= 11 is 0. The molecule has 1 rings (SSSR count). The van der Waals surface area contributed by atoms with Gasteiger partial charge >= 0.3 is 7.12 Å². The first-order chi connectivity index (χ1) is 6.32. The zero-order valence-corrected chi connectivity index (χ0v) is 5.45. The zero-order valence-electron chi connectivity index (χ0n) is 8.45. The minimum absolute atomic E-state index is 0.314. The maximum atomic E-state index is 12.6. The molecule has 2 N–H and O–H groups in total. The van der Waals surface area contributed by atoms with E-state index in [-0.39, 0.29) is 5.46 Å². The molecule has 3 nitrogen and oxygen atoms in total. The molecular formula is C6H7BFNO2. The Labute approximate surface area is 67.9 Å². The van der Waals surface area contributed by atoms with Crippen molar-refractivity contribution >= 4 is 12.6 Å². The van der Waals surface area contributed by atoms with E-state index in [9.17, 15) is 4.39 Å². The van der Waals surface area contributed by atoms with Crippen LogP contribution in [0, 0.1) is 12.8 Å². The van der Waals surface area contributed by atoms with Gasteiger partial charge in [-0.05, 0) is 18.5 Å². The number of aromatic nitrogens is 1. The standard InChI is InChI=1S/C6H7BFNO2/c1-4-2-6(8)9-3-5(4)7(10)11/h2-3,10-11H,1H3/i1D3. The third-order valence-electron chi connectivity index (χ3n) is 1.18. The first-order valence-corrected chi connectivity index (χ1v) is 2.84. The normalized spacial score (nSPS) is 15.0. The Hall–Kier alpha value is -0.935. The smallest absolute Gasteiger partial charge is 0.423 e. The first-order valence-electron chi connectivity index (χ1n) is 4.34. The molecule has 0 fully saturated rings. The van der Waals surface area contributed by atoms with Crippen molar-refractivity contribution < 1.29 is 18.6 Å². The molecule has 0 bridgehead atoms. The van der Waals surface area contributed by atoms with E-state index in [4.69, 9.17) is 14.2 Å². The van der Waals surface area contributed by atoms with Gasteiger partial charge in [-0.1, -0.05) is 0 Å². The maximum Gasteiger partial charge on any atom is 0.490 e. The highest BCUT2D eigenvalue weighted by atomic mass is 19.1. The fourth-order valence-corrected chi connectivity index (χ4v) is 0.646. The molecule has 11 heavy (non-hydrogen) atoms. The number of rotatable bonds is 1. The van der Waals surface area contributed by atoms with Gasteiger partial charge in [0, 0.05) is 15.8 Å². The topological polar surface area (TPSA) is 53.4 Å². The Bertz CT molecular complexity index is 344. The summed E-state index contributed by atoms with van der Waals surface area (Å²) in [6.45, 7) is -2.59. The molecule has 1 aromatic rings. The number of halogens is 1. The van der Waals surface area contributed by atoms with E-state index in [1.165, 1.54) is 0 Å². The second-order valence-electron chi connectivity index (χ2n) is 1.97. The SMILES string of the molecule is [2H]C([2H])([2H])c1cc(F)ncc1B(O)O. The van der Waals surface area contributed by atoms with Crippen LogP contribution < -0.4 is 5.46 Å². The zero-order chi connectivity index (χ0) is 10.9. The number of hydrogen-bond acceptors (Lipinski definition) is 3. The van der Waals surface area contributed by atoms with Crippen molar-refractivity contribution in [2.45, 2.75) is 6.85 Å². The summed E-state index contributed by atoms with van der Waals surface area (Å²) in [4.78, 5) is 3.14. The van der Waals surface area contributed by atoms with Gasteiger partial charge in [0.05, 0.1) is 0 Å². The van der Waals surface area contributed by atoms with Crippen molar-refractivity contribution in [2.75, 3.05) is 0 Å². The largest absolute Gasteiger partial charge is 0.490 e. The van der Waals surface area contributed by atoms with E-state index in [0.29, 0.717) is 6.07 Å². The third kappa shape index (κ3) is 1.75. The Morgan fingerprint density at radius 2 is 2.45 bits per heavy atom. The van der Waals surface area contributed by atoms with Gasteiger partial charge in [0.25, 0.3) is 0 Å². The first kappa shape index (κ1) is 4.85. The van der Waals surface area contributed by atoms with E-state index in [2.05, 4.69) is 4.98 Å². The second kappa shape index (κ2) is 2.98. The number of hydrogen-bond donors (Lipinski definition) is 2. The van der Waals surface area contributed by atoms with Gasteiger partial charge in [0.1, 0.15) is 0 Å². The molecule has 1 aromatic heterocycles. The van der Waals surface area contributed by atoms with Crippen LogP contribution in [0.5, 0.6) is 0 Å². The molecule has 0 unspecified atom stereocenters. The van der Waals surface area contributed by atoms with Gasteiger partial charge in [0.2, 0.25) is 5.95 Å². The van der Waals surface area contributed by atoms with Crippen molar-refractivity contribution in [3.05, 3.63) is 23.8 Å². The lowest BCUT2D eigenvalue weighted by Crippen LogP contribution is -2.32. The molecule has 0 spiro atoms. The molecule has 0 aliphatic carbocycles. The van der Waals surface area contributed by atoms with Crippen molar-refractivity contribution in [3.8, 4) is 0 Å². The summed E-state index contributed by atoms with van der Waals surface area (Å²) in [6.07, 6.45) is 0.793. The summed E-state index contributed by atoms with van der Waals surface area (Å²) in [5, 5.41) is 17.6. The average Bonchev–Trinajstić information content (AvgIpc) is 2.01. The highest BCUT2D eigenvalue weighted by molar-refractivity contribution is 6.59. The Balaban J connectivity index is 3.30. The summed E-state index contributed by atoms with van der Waals surface area (Å²) < 4.78 is 33.7. The second-order valence-corrected chi connectivity index (χ2v) is 1.97. The van der Waals surface area contributed by atoms with Gasteiger partial charge in [-0.2, -0.15) is 4.39 Å². The predicted molar refractivity (Wildman–Crippen MR) is 38.8 cm³/mol. The average molecular weight is 158 g/mol. The van der Waals surface area contributed by atoms with Crippen molar-refractivity contribution in [3.63, 3.8) is 0 Å². The van der Waals surface area contributed by atoms with Crippen molar-refractivity contribution in [1.82, 2.24) is 4.98 Å². The van der Waals surface area contributed by atoms with Crippen LogP contribution >= 0.6 is 0 Å². The van der Waals surface area contributed by atoms with Crippen LogP contribution in [0.15, 0.2) is 12.3 Å². The molecule has 58 valence electrons. The monoisotopic (exact) mass is 158 g/mol. The van der Waals surface area contributed by atoms with E-state index in [0.717, 1.165) is 6.20 Å². The van der Waals surface area contributed by atoms with Crippen LogP contribution in [0.4, 0.5) is 4.39 Å². The molecule has 0 atom stereocenters. The van der Waals surface area contributed by atoms with Gasteiger partial charge in [0.15, 0.2) is 0 Å². The van der Waals surface area contributed by atoms with Crippen molar-refractivity contribution in [1.29, 1.82) is 0 Å². The van der Waals surface area contributed by atoms with Crippen LogP contribution in [0.3, 0.4) is 0 Å². The lowest BCUT2D eigenvalue weighted by molar-refractivity contribution is 0.425. The van der Waals surface area contributed by atoms with Crippen LogP contribution in [0.1, 0.15) is 9.68 Å². The number of pyridine rings is 1. The highest BCUT2D eigenvalue weighted by Crippen LogP contribution is 1.95. The van der Waals surface area contributed by atoms with E-state index >= 15 is 0 Å². The lowest BCUT2D eigenvalue weighted by Gasteiger charge is -2.01. The maximum absolute atomic E-state index is 12.6. The molecule has 0 aromatic carbocycles. The van der Waals surface area contributed by atoms with Gasteiger partial charge in [-0.3, -0.25) is 0 Å². The molecule has 0 radical (unpaired) electrons. The van der Waals surface area contributed by atoms with Crippen molar-refractivity contribution in [2.24, 2.45) is 0 Å². The molecule has 0 aliphatic heterocycles. The molecule has 0 aliphatic rings. The minimum atomic E-state index is -2.59. The van der Waals surface area contributed by atoms with Gasteiger partial charge < -0.3 is 10.0 Å². The lowest BCUT2D eigenvalue weighted by atomic mass is 9.79. The van der Waals surface area contributed by atoms with E-state index in [1.807, 2.05) is 0 Å². The third-order valence-corrected chi connectivity index (χ3v) is 1.18. The van der Waals surface area contributed by atoms with E-state index < -0.39 is 25.5 Å².